The van der Waals surface area contributed by atoms with Gasteiger partial charge in [-0.2, -0.15) is 0 Å². The number of benzene rings is 1. The quantitative estimate of drug-likeness (QED) is 0.310. The second-order valence-electron chi connectivity index (χ2n) is 6.21. The highest BCUT2D eigenvalue weighted by atomic mass is 32.2. The fraction of sp³-hybridized carbons (Fsp3) is 0.238. The lowest BCUT2D eigenvalue weighted by Gasteiger charge is -2.14. The van der Waals surface area contributed by atoms with Gasteiger partial charge in [0.2, 0.25) is 5.78 Å². The number of Topliss-reactive ketones (excluding diaryl/α,β-unsaturated/α-hetero) is 1. The Balaban J connectivity index is 1.67. The number of esters is 1. The molecule has 0 fully saturated rings. The van der Waals surface area contributed by atoms with Crippen molar-refractivity contribution in [2.24, 2.45) is 0 Å². The number of aromatic nitrogens is 2. The van der Waals surface area contributed by atoms with Gasteiger partial charge in [0.1, 0.15) is 16.5 Å². The number of ether oxygens (including phenoxy) is 2. The van der Waals surface area contributed by atoms with Gasteiger partial charge in [0.15, 0.2) is 6.10 Å². The maximum absolute atomic E-state index is 12.6. The molecule has 0 bridgehead atoms. The smallest absolute Gasteiger partial charge is 0.341 e. The molecule has 7 nitrogen and oxygen atoms in total. The van der Waals surface area contributed by atoms with Crippen LogP contribution in [0.2, 0.25) is 0 Å². The molecule has 0 amide bonds. The normalized spacial score (nSPS) is 11.7. The lowest BCUT2D eigenvalue weighted by atomic mass is 10.1. The van der Waals surface area contributed by atoms with Gasteiger partial charge in [-0.3, -0.25) is 4.79 Å². The number of ketones is 1. The predicted molar refractivity (Wildman–Crippen MR) is 107 cm³/mol. The molecule has 0 aliphatic heterocycles. The molecular formula is C21H20N2O5S. The number of carbonyl (C=O) groups excluding carboxylic acids is 2. The molecule has 0 N–H and O–H groups in total. The Kier molecular flexibility index (Phi) is 6.66. The summed E-state index contributed by atoms with van der Waals surface area (Å²) in [6.07, 6.45) is 0.658. The van der Waals surface area contributed by atoms with E-state index < -0.39 is 12.1 Å². The van der Waals surface area contributed by atoms with Crippen molar-refractivity contribution in [3.05, 3.63) is 71.2 Å². The number of thioether (sulfide) groups is 1. The fourth-order valence-corrected chi connectivity index (χ4v) is 3.42. The number of aryl methyl sites for hydroxylation is 1. The van der Waals surface area contributed by atoms with Gasteiger partial charge in [-0.1, -0.05) is 16.9 Å². The summed E-state index contributed by atoms with van der Waals surface area (Å²) in [4.78, 5) is 29.5. The molecule has 0 saturated carbocycles. The third kappa shape index (κ3) is 5.23. The second kappa shape index (κ2) is 9.38. The highest BCUT2D eigenvalue weighted by molar-refractivity contribution is 7.98. The van der Waals surface area contributed by atoms with Crippen molar-refractivity contribution in [3.63, 3.8) is 0 Å². The summed E-state index contributed by atoms with van der Waals surface area (Å²) in [7, 11) is 1.55. The highest BCUT2D eigenvalue weighted by Crippen LogP contribution is 2.25. The molecule has 0 spiro atoms. The van der Waals surface area contributed by atoms with Gasteiger partial charge in [-0.15, -0.1) is 0 Å². The number of methoxy groups -OCH3 is 1. The maximum atomic E-state index is 12.6. The monoisotopic (exact) mass is 412 g/mol. The van der Waals surface area contributed by atoms with Crippen LogP contribution in [-0.4, -0.2) is 35.1 Å². The van der Waals surface area contributed by atoms with E-state index in [4.69, 9.17) is 14.0 Å². The van der Waals surface area contributed by atoms with Crippen LogP contribution in [0.4, 0.5) is 0 Å². The van der Waals surface area contributed by atoms with E-state index in [-0.39, 0.29) is 5.78 Å². The van der Waals surface area contributed by atoms with Gasteiger partial charge in [0, 0.05) is 23.6 Å². The Morgan fingerprint density at radius 2 is 1.97 bits per heavy atom. The van der Waals surface area contributed by atoms with Crippen LogP contribution in [-0.2, 0) is 10.5 Å². The molecule has 2 heterocycles. The average Bonchev–Trinajstić information content (AvgIpc) is 3.17. The summed E-state index contributed by atoms with van der Waals surface area (Å²) >= 11 is 1.34. The molecule has 8 heteroatoms. The molecule has 1 aromatic carbocycles. The van der Waals surface area contributed by atoms with Crippen molar-refractivity contribution in [1.29, 1.82) is 0 Å². The lowest BCUT2D eigenvalue weighted by Crippen LogP contribution is -2.24. The molecule has 3 aromatic rings. The van der Waals surface area contributed by atoms with E-state index >= 15 is 0 Å². The summed E-state index contributed by atoms with van der Waals surface area (Å²) in [5.41, 5.74) is 1.49. The number of rotatable bonds is 8. The van der Waals surface area contributed by atoms with Gasteiger partial charge >= 0.3 is 5.97 Å². The van der Waals surface area contributed by atoms with Crippen molar-refractivity contribution in [3.8, 4) is 5.75 Å². The molecule has 0 aliphatic rings. The van der Waals surface area contributed by atoms with Crippen molar-refractivity contribution in [2.75, 3.05) is 7.11 Å². The molecule has 0 unspecified atom stereocenters. The lowest BCUT2D eigenvalue weighted by molar-refractivity contribution is 0.0314. The molecule has 0 saturated heterocycles. The third-order valence-electron chi connectivity index (χ3n) is 4.05. The van der Waals surface area contributed by atoms with Gasteiger partial charge in [0.25, 0.3) is 0 Å². The first-order valence-electron chi connectivity index (χ1n) is 8.87. The van der Waals surface area contributed by atoms with E-state index in [1.807, 2.05) is 13.0 Å². The molecule has 0 aliphatic carbocycles. The Bertz CT molecular complexity index is 1000. The summed E-state index contributed by atoms with van der Waals surface area (Å²) in [6.45, 7) is 3.36. The molecule has 2 aromatic heterocycles. The first-order valence-corrected chi connectivity index (χ1v) is 9.85. The largest absolute Gasteiger partial charge is 0.497 e. The SMILES string of the molecule is COc1ccc(C(=O)[C@H](C)OC(=O)c2cccnc2SCc2cc(C)on2)cc1. The van der Waals surface area contributed by atoms with Crippen LogP contribution >= 0.6 is 11.8 Å². The summed E-state index contributed by atoms with van der Waals surface area (Å²) < 4.78 is 15.5. The van der Waals surface area contributed by atoms with Gasteiger partial charge < -0.3 is 14.0 Å². The number of pyridine rings is 1. The standard InChI is InChI=1S/C21H20N2O5S/c1-13-11-16(23-28-13)12-29-20-18(5-4-10-22-20)21(25)27-14(2)19(24)15-6-8-17(26-3)9-7-15/h4-11,14H,12H2,1-3H3/t14-/m0/s1. The van der Waals surface area contributed by atoms with Gasteiger partial charge in [-0.05, 0) is 50.2 Å². The van der Waals surface area contributed by atoms with Crippen molar-refractivity contribution >= 4 is 23.5 Å². The minimum atomic E-state index is -0.938. The fourth-order valence-electron chi connectivity index (χ4n) is 2.56. The van der Waals surface area contributed by atoms with E-state index in [9.17, 15) is 9.59 Å². The van der Waals surface area contributed by atoms with Crippen LogP contribution in [0.15, 0.2) is 58.2 Å². The van der Waals surface area contributed by atoms with E-state index in [0.717, 1.165) is 5.69 Å². The zero-order valence-corrected chi connectivity index (χ0v) is 17.1. The minimum Gasteiger partial charge on any atom is -0.497 e. The molecule has 150 valence electrons. The van der Waals surface area contributed by atoms with Crippen LogP contribution in [0.25, 0.3) is 0 Å². The van der Waals surface area contributed by atoms with Crippen LogP contribution in [0.3, 0.4) is 0 Å². The van der Waals surface area contributed by atoms with Crippen LogP contribution in [0, 0.1) is 6.92 Å². The third-order valence-corrected chi connectivity index (χ3v) is 5.09. The first-order chi connectivity index (χ1) is 14.0. The van der Waals surface area contributed by atoms with E-state index in [2.05, 4.69) is 10.1 Å². The van der Waals surface area contributed by atoms with Gasteiger partial charge in [0.05, 0.1) is 18.4 Å². The van der Waals surface area contributed by atoms with Crippen LogP contribution in [0.5, 0.6) is 5.75 Å². The number of carbonyl (C=O) groups is 2. The zero-order valence-electron chi connectivity index (χ0n) is 16.2. The molecule has 3 rings (SSSR count). The Labute approximate surface area is 172 Å². The number of hydrogen-bond acceptors (Lipinski definition) is 8. The van der Waals surface area contributed by atoms with Crippen LogP contribution in [0.1, 0.15) is 39.1 Å². The Morgan fingerprint density at radius 3 is 2.62 bits per heavy atom. The predicted octanol–water partition coefficient (Wildman–Crippen LogP) is 4.11. The van der Waals surface area contributed by atoms with Gasteiger partial charge in [-0.25, -0.2) is 9.78 Å². The first kappa shape index (κ1) is 20.6. The second-order valence-corrected chi connectivity index (χ2v) is 7.18. The summed E-state index contributed by atoms with van der Waals surface area (Å²) in [5, 5.41) is 4.43. The van der Waals surface area contributed by atoms with Crippen molar-refractivity contribution < 1.29 is 23.6 Å². The average molecular weight is 412 g/mol. The molecular weight excluding hydrogens is 392 g/mol. The molecule has 0 radical (unpaired) electrons. The maximum Gasteiger partial charge on any atom is 0.341 e. The minimum absolute atomic E-state index is 0.294. The number of nitrogens with zero attached hydrogens (tertiary/aromatic N) is 2. The number of hydrogen-bond donors (Lipinski definition) is 0. The van der Waals surface area contributed by atoms with E-state index in [1.165, 1.54) is 11.8 Å². The molecule has 29 heavy (non-hydrogen) atoms. The van der Waals surface area contributed by atoms with E-state index in [1.54, 1.807) is 56.6 Å². The van der Waals surface area contributed by atoms with Crippen molar-refractivity contribution in [1.82, 2.24) is 10.1 Å². The summed E-state index contributed by atoms with van der Waals surface area (Å²) in [5.74, 6) is 0.954. The summed E-state index contributed by atoms with van der Waals surface area (Å²) in [6, 6.07) is 11.7. The Morgan fingerprint density at radius 1 is 1.21 bits per heavy atom. The van der Waals surface area contributed by atoms with Crippen molar-refractivity contribution in [2.45, 2.75) is 30.7 Å². The topological polar surface area (TPSA) is 91.5 Å². The van der Waals surface area contributed by atoms with E-state index in [0.29, 0.717) is 33.4 Å². The Hall–Kier alpha value is -3.13. The zero-order chi connectivity index (χ0) is 20.8. The highest BCUT2D eigenvalue weighted by Gasteiger charge is 2.22. The van der Waals surface area contributed by atoms with Crippen LogP contribution < -0.4 is 4.74 Å². The molecule has 1 atom stereocenters.